The smallest absolute Gasteiger partial charge is 0.409 e. The van der Waals surface area contributed by atoms with Gasteiger partial charge in [0, 0.05) is 0 Å². The van der Waals surface area contributed by atoms with E-state index in [2.05, 4.69) is 15.8 Å². The molecule has 29 heavy (non-hydrogen) atoms. The van der Waals surface area contributed by atoms with Gasteiger partial charge in [-0.3, -0.25) is 10.1 Å². The summed E-state index contributed by atoms with van der Waals surface area (Å²) in [5.41, 5.74) is 3.91. The first kappa shape index (κ1) is 21.7. The lowest BCUT2D eigenvalue weighted by Crippen LogP contribution is -2.63. The van der Waals surface area contributed by atoms with E-state index in [0.29, 0.717) is 18.5 Å². The molecule has 0 aliphatic heterocycles. The zero-order valence-electron chi connectivity index (χ0n) is 15.7. The van der Waals surface area contributed by atoms with Crippen LogP contribution in [0.1, 0.15) is 29.5 Å². The van der Waals surface area contributed by atoms with E-state index >= 15 is 0 Å². The number of ether oxygens (including phenoxy) is 2. The number of aromatic nitrogens is 1. The Morgan fingerprint density at radius 1 is 1.24 bits per heavy atom. The highest BCUT2D eigenvalue weighted by Gasteiger charge is 2.38. The highest BCUT2D eigenvalue weighted by Crippen LogP contribution is 2.13. The minimum atomic E-state index is -2.15. The zero-order valence-corrected chi connectivity index (χ0v) is 15.7. The number of carboxylic acid groups (broad SMARTS) is 1. The summed E-state index contributed by atoms with van der Waals surface area (Å²) in [6.45, 7) is 1.73. The quantitative estimate of drug-likeness (QED) is 0.330. The maximum atomic E-state index is 12.3. The van der Waals surface area contributed by atoms with Crippen molar-refractivity contribution in [2.45, 2.75) is 25.6 Å². The van der Waals surface area contributed by atoms with Gasteiger partial charge in [-0.2, -0.15) is 0 Å². The third-order valence-corrected chi connectivity index (χ3v) is 3.67. The number of carboxylic acids is 1. The first-order valence-electron chi connectivity index (χ1n) is 8.68. The number of benzene rings is 1. The van der Waals surface area contributed by atoms with Gasteiger partial charge >= 0.3 is 12.1 Å². The van der Waals surface area contributed by atoms with Crippen molar-refractivity contribution < 1.29 is 33.5 Å². The topological polar surface area (TPSA) is 166 Å². The number of hydrogen-bond acceptors (Lipinski definition) is 8. The molecule has 5 N–H and O–H groups in total. The summed E-state index contributed by atoms with van der Waals surface area (Å²) in [5.74, 6) is -2.67. The molecular formula is C18H22N4O7. The van der Waals surface area contributed by atoms with E-state index in [9.17, 15) is 19.5 Å². The van der Waals surface area contributed by atoms with Crippen molar-refractivity contribution in [2.24, 2.45) is 5.73 Å². The molecular weight excluding hydrogens is 384 g/mol. The van der Waals surface area contributed by atoms with Crippen LogP contribution in [0.5, 0.6) is 5.88 Å². The molecule has 0 bridgehead atoms. The maximum absolute atomic E-state index is 12.3. The van der Waals surface area contributed by atoms with Gasteiger partial charge in [-0.15, -0.1) is 0 Å². The van der Waals surface area contributed by atoms with E-state index in [4.69, 9.17) is 19.7 Å². The molecule has 2 aromatic rings. The van der Waals surface area contributed by atoms with Crippen LogP contribution in [0.25, 0.3) is 0 Å². The largest absolute Gasteiger partial charge is 0.478 e. The van der Waals surface area contributed by atoms with Gasteiger partial charge in [-0.05, 0) is 30.6 Å². The van der Waals surface area contributed by atoms with Crippen molar-refractivity contribution in [1.82, 2.24) is 15.8 Å². The minimum Gasteiger partial charge on any atom is -0.478 e. The number of alkyl carbamates (subject to hydrolysis) is 1. The third-order valence-electron chi connectivity index (χ3n) is 3.67. The summed E-state index contributed by atoms with van der Waals surface area (Å²) in [5, 5.41) is 17.3. The van der Waals surface area contributed by atoms with Crippen molar-refractivity contribution >= 4 is 18.0 Å². The molecule has 2 rings (SSSR count). The second-order valence-electron chi connectivity index (χ2n) is 6.09. The molecule has 0 saturated carbocycles. The molecule has 1 aromatic heterocycles. The number of carbonyl (C=O) groups excluding carboxylic acids is 2. The fourth-order valence-electron chi connectivity index (χ4n) is 2.08. The molecule has 0 spiro atoms. The Kier molecular flexibility index (Phi) is 7.54. The first-order chi connectivity index (χ1) is 13.8. The highest BCUT2D eigenvalue weighted by molar-refractivity contribution is 5.96. The molecule has 1 aromatic carbocycles. The SMILES string of the molecule is C[C@@](NC(=O)OCc1ccccc1)(NC(=O)c1cc(OCCCN)no1)C(=O)O. The number of nitrogens with one attached hydrogen (secondary N) is 2. The predicted molar refractivity (Wildman–Crippen MR) is 98.9 cm³/mol. The van der Waals surface area contributed by atoms with Gasteiger partial charge in [0.05, 0.1) is 12.7 Å². The Morgan fingerprint density at radius 2 is 1.97 bits per heavy atom. The van der Waals surface area contributed by atoms with E-state index in [1.807, 2.05) is 0 Å². The molecule has 0 fully saturated rings. The van der Waals surface area contributed by atoms with Crippen molar-refractivity contribution in [3.05, 3.63) is 47.7 Å². The molecule has 0 unspecified atom stereocenters. The van der Waals surface area contributed by atoms with Crippen LogP contribution in [-0.4, -0.2) is 47.0 Å². The Hall–Kier alpha value is -3.60. The number of nitrogens with zero attached hydrogens (tertiary/aromatic N) is 1. The Bertz CT molecular complexity index is 840. The van der Waals surface area contributed by atoms with E-state index < -0.39 is 23.6 Å². The van der Waals surface area contributed by atoms with E-state index in [-0.39, 0.29) is 24.9 Å². The van der Waals surface area contributed by atoms with Gasteiger partial charge in [0.15, 0.2) is 0 Å². The lowest BCUT2D eigenvalue weighted by atomic mass is 10.2. The summed E-state index contributed by atoms with van der Waals surface area (Å²) in [4.78, 5) is 35.9. The van der Waals surface area contributed by atoms with Crippen LogP contribution >= 0.6 is 0 Å². The average molecular weight is 406 g/mol. The fraction of sp³-hybridized carbons (Fsp3) is 0.333. The fourth-order valence-corrected chi connectivity index (χ4v) is 2.08. The molecule has 11 heteroatoms. The average Bonchev–Trinajstić information content (AvgIpc) is 3.16. The number of hydrogen-bond donors (Lipinski definition) is 4. The number of aliphatic carboxylic acids is 1. The minimum absolute atomic E-state index is 0.0517. The van der Waals surface area contributed by atoms with Crippen LogP contribution in [0.2, 0.25) is 0 Å². The number of rotatable bonds is 10. The van der Waals surface area contributed by atoms with Gasteiger partial charge in [0.1, 0.15) is 6.61 Å². The van der Waals surface area contributed by atoms with Gasteiger partial charge in [0.25, 0.3) is 11.8 Å². The second kappa shape index (κ2) is 10.1. The number of amides is 2. The number of carbonyl (C=O) groups is 3. The Balaban J connectivity index is 1.95. The molecule has 156 valence electrons. The van der Waals surface area contributed by atoms with Gasteiger partial charge in [-0.1, -0.05) is 30.3 Å². The van der Waals surface area contributed by atoms with E-state index in [1.54, 1.807) is 30.3 Å². The maximum Gasteiger partial charge on any atom is 0.409 e. The molecule has 0 radical (unpaired) electrons. The summed E-state index contributed by atoms with van der Waals surface area (Å²) in [6, 6.07) is 10.0. The van der Waals surface area contributed by atoms with E-state index in [1.165, 1.54) is 6.07 Å². The first-order valence-corrected chi connectivity index (χ1v) is 8.68. The van der Waals surface area contributed by atoms with Crippen LogP contribution in [0.4, 0.5) is 4.79 Å². The highest BCUT2D eigenvalue weighted by atomic mass is 16.6. The van der Waals surface area contributed by atoms with Crippen molar-refractivity contribution in [1.29, 1.82) is 0 Å². The van der Waals surface area contributed by atoms with Crippen molar-refractivity contribution in [3.63, 3.8) is 0 Å². The number of nitrogens with two attached hydrogens (primary N) is 1. The molecule has 2 amide bonds. The van der Waals surface area contributed by atoms with Crippen LogP contribution < -0.4 is 21.1 Å². The molecule has 0 saturated heterocycles. The normalized spacial score (nSPS) is 12.5. The second-order valence-corrected chi connectivity index (χ2v) is 6.09. The summed E-state index contributed by atoms with van der Waals surface area (Å²) < 4.78 is 15.0. The predicted octanol–water partition coefficient (Wildman–Crippen LogP) is 0.859. The van der Waals surface area contributed by atoms with Crippen LogP contribution in [0.15, 0.2) is 40.9 Å². The summed E-state index contributed by atoms with van der Waals surface area (Å²) >= 11 is 0. The molecule has 0 aliphatic rings. The van der Waals surface area contributed by atoms with Crippen LogP contribution in [-0.2, 0) is 16.1 Å². The molecule has 1 atom stereocenters. The van der Waals surface area contributed by atoms with Crippen molar-refractivity contribution in [3.8, 4) is 5.88 Å². The van der Waals surface area contributed by atoms with Crippen LogP contribution in [0.3, 0.4) is 0 Å². The third kappa shape index (κ3) is 6.50. The zero-order chi connectivity index (χ0) is 21.3. The molecule has 0 aliphatic carbocycles. The van der Waals surface area contributed by atoms with E-state index in [0.717, 1.165) is 6.92 Å². The molecule has 11 nitrogen and oxygen atoms in total. The summed E-state index contributed by atoms with van der Waals surface area (Å²) in [7, 11) is 0. The monoisotopic (exact) mass is 406 g/mol. The van der Waals surface area contributed by atoms with Gasteiger partial charge in [-0.25, -0.2) is 9.59 Å². The lowest BCUT2D eigenvalue weighted by molar-refractivity contribution is -0.145. The summed E-state index contributed by atoms with van der Waals surface area (Å²) in [6.07, 6.45) is -0.442. The van der Waals surface area contributed by atoms with Crippen molar-refractivity contribution in [2.75, 3.05) is 13.2 Å². The standard InChI is InChI=1S/C18H22N4O7/c1-18(16(24)25,21-17(26)28-11-12-6-3-2-4-7-12)20-15(23)13-10-14(22-29-13)27-9-5-8-19/h2-4,6-7,10H,5,8-9,11,19H2,1H3,(H,20,23)(H,21,26)(H,24,25)/t18-/m0/s1. The van der Waals surface area contributed by atoms with Gasteiger partial charge < -0.3 is 30.2 Å². The van der Waals surface area contributed by atoms with Gasteiger partial charge in [0.2, 0.25) is 11.4 Å². The Morgan fingerprint density at radius 3 is 2.62 bits per heavy atom. The van der Waals surface area contributed by atoms with Crippen LogP contribution in [0, 0.1) is 0 Å². The Labute approximate surface area is 166 Å². The lowest BCUT2D eigenvalue weighted by Gasteiger charge is -2.26. The molecule has 1 heterocycles.